The van der Waals surface area contributed by atoms with Crippen molar-refractivity contribution in [3.05, 3.63) is 41.5 Å². The van der Waals surface area contributed by atoms with Crippen LogP contribution in [0.15, 0.2) is 30.3 Å². The number of benzene rings is 1. The van der Waals surface area contributed by atoms with Crippen molar-refractivity contribution in [3.8, 4) is 0 Å². The molecule has 0 bridgehead atoms. The SMILES string of the molecule is CC1CN(CC2CCN(C(=O)/C=C/c3cccc(C(F)(F)F)c3)CC2)CC(C)O1. The molecule has 3 rings (SSSR count). The Morgan fingerprint density at radius 1 is 1.17 bits per heavy atom. The van der Waals surface area contributed by atoms with E-state index in [2.05, 4.69) is 18.7 Å². The lowest BCUT2D eigenvalue weighted by Gasteiger charge is -2.39. The van der Waals surface area contributed by atoms with Crippen LogP contribution in [0.25, 0.3) is 6.08 Å². The molecule has 0 saturated carbocycles. The summed E-state index contributed by atoms with van der Waals surface area (Å²) in [6, 6.07) is 5.00. The number of amides is 1. The van der Waals surface area contributed by atoms with E-state index in [9.17, 15) is 18.0 Å². The number of halogens is 3. The fourth-order valence-electron chi connectivity index (χ4n) is 4.23. The highest BCUT2D eigenvalue weighted by Gasteiger charge is 2.30. The molecule has 0 N–H and O–H groups in total. The summed E-state index contributed by atoms with van der Waals surface area (Å²) in [6.07, 6.45) is 0.849. The molecule has 2 heterocycles. The number of hydrogen-bond donors (Lipinski definition) is 0. The maximum absolute atomic E-state index is 12.8. The highest BCUT2D eigenvalue weighted by molar-refractivity contribution is 5.91. The molecule has 0 aliphatic carbocycles. The first kappa shape index (κ1) is 21.8. The third-order valence-corrected chi connectivity index (χ3v) is 5.57. The van der Waals surface area contributed by atoms with E-state index in [0.717, 1.165) is 44.6 Å². The van der Waals surface area contributed by atoms with Crippen molar-refractivity contribution in [2.24, 2.45) is 5.92 Å². The number of piperidine rings is 1. The standard InChI is InChI=1S/C22H29F3N2O2/c1-16-13-26(14-17(2)29-16)15-19-8-10-27(11-9-19)21(28)7-6-18-4-3-5-20(12-18)22(23,24)25/h3-7,12,16-17,19H,8-11,13-15H2,1-2H3/b7-6+. The Morgan fingerprint density at radius 2 is 1.83 bits per heavy atom. The Hall–Kier alpha value is -1.86. The first-order valence-electron chi connectivity index (χ1n) is 10.2. The van der Waals surface area contributed by atoms with Crippen LogP contribution in [-0.4, -0.2) is 60.6 Å². The number of rotatable bonds is 4. The van der Waals surface area contributed by atoms with E-state index in [4.69, 9.17) is 4.74 Å². The quantitative estimate of drug-likeness (QED) is 0.702. The lowest BCUT2D eigenvalue weighted by atomic mass is 9.95. The second kappa shape index (κ2) is 9.30. The van der Waals surface area contributed by atoms with E-state index in [1.807, 2.05) is 0 Å². The van der Waals surface area contributed by atoms with Gasteiger partial charge in [-0.25, -0.2) is 0 Å². The summed E-state index contributed by atoms with van der Waals surface area (Å²) < 4.78 is 44.2. The largest absolute Gasteiger partial charge is 0.416 e. The van der Waals surface area contributed by atoms with Crippen LogP contribution in [0.4, 0.5) is 13.2 Å². The number of morpholine rings is 1. The predicted octanol–water partition coefficient (Wildman–Crippen LogP) is 4.07. The van der Waals surface area contributed by atoms with Crippen LogP contribution in [0.2, 0.25) is 0 Å². The second-order valence-electron chi connectivity index (χ2n) is 8.20. The van der Waals surface area contributed by atoms with Gasteiger partial charge < -0.3 is 9.64 Å². The van der Waals surface area contributed by atoms with Crippen molar-refractivity contribution in [2.45, 2.75) is 45.1 Å². The lowest BCUT2D eigenvalue weighted by molar-refractivity contribution is -0.137. The normalized spacial score (nSPS) is 24.9. The van der Waals surface area contributed by atoms with Gasteiger partial charge in [0.25, 0.3) is 0 Å². The summed E-state index contributed by atoms with van der Waals surface area (Å²) in [4.78, 5) is 16.7. The molecule has 0 spiro atoms. The van der Waals surface area contributed by atoms with Crippen LogP contribution in [0.5, 0.6) is 0 Å². The highest BCUT2D eigenvalue weighted by Crippen LogP contribution is 2.29. The zero-order chi connectivity index (χ0) is 21.0. The topological polar surface area (TPSA) is 32.8 Å². The molecular formula is C22H29F3N2O2. The summed E-state index contributed by atoms with van der Waals surface area (Å²) in [6.45, 7) is 8.49. The number of carbonyl (C=O) groups excluding carboxylic acids is 1. The molecule has 2 fully saturated rings. The van der Waals surface area contributed by atoms with Crippen molar-refractivity contribution in [3.63, 3.8) is 0 Å². The number of carbonyl (C=O) groups is 1. The van der Waals surface area contributed by atoms with Crippen LogP contribution < -0.4 is 0 Å². The second-order valence-corrected chi connectivity index (χ2v) is 8.20. The number of nitrogens with zero attached hydrogens (tertiary/aromatic N) is 2. The minimum Gasteiger partial charge on any atom is -0.373 e. The molecule has 2 atom stereocenters. The van der Waals surface area contributed by atoms with Crippen LogP contribution in [0, 0.1) is 5.92 Å². The fourth-order valence-corrected chi connectivity index (χ4v) is 4.23. The van der Waals surface area contributed by atoms with Crippen molar-refractivity contribution in [2.75, 3.05) is 32.7 Å². The summed E-state index contributed by atoms with van der Waals surface area (Å²) in [7, 11) is 0. The molecule has 160 valence electrons. The lowest BCUT2D eigenvalue weighted by Crippen LogP contribution is -2.48. The maximum atomic E-state index is 12.8. The molecule has 1 amide bonds. The summed E-state index contributed by atoms with van der Waals surface area (Å²) >= 11 is 0. The van der Waals surface area contributed by atoms with Crippen LogP contribution in [-0.2, 0) is 15.7 Å². The smallest absolute Gasteiger partial charge is 0.373 e. The molecule has 29 heavy (non-hydrogen) atoms. The van der Waals surface area contributed by atoms with Crippen molar-refractivity contribution < 1.29 is 22.7 Å². The molecule has 4 nitrogen and oxygen atoms in total. The zero-order valence-corrected chi connectivity index (χ0v) is 17.0. The molecule has 2 unspecified atom stereocenters. The van der Waals surface area contributed by atoms with E-state index in [1.165, 1.54) is 18.2 Å². The van der Waals surface area contributed by atoms with Gasteiger partial charge in [-0.05, 0) is 56.4 Å². The Bertz CT molecular complexity index is 717. The maximum Gasteiger partial charge on any atom is 0.416 e. The van der Waals surface area contributed by atoms with Gasteiger partial charge in [-0.3, -0.25) is 9.69 Å². The zero-order valence-electron chi connectivity index (χ0n) is 17.0. The molecule has 2 aliphatic heterocycles. The van der Waals surface area contributed by atoms with Gasteiger partial charge in [-0.15, -0.1) is 0 Å². The van der Waals surface area contributed by atoms with Crippen LogP contribution in [0.3, 0.4) is 0 Å². The van der Waals surface area contributed by atoms with Gasteiger partial charge in [0.15, 0.2) is 0 Å². The van der Waals surface area contributed by atoms with E-state index in [0.29, 0.717) is 24.6 Å². The Labute approximate surface area is 170 Å². The van der Waals surface area contributed by atoms with Gasteiger partial charge in [0, 0.05) is 38.8 Å². The third-order valence-electron chi connectivity index (χ3n) is 5.57. The molecule has 0 aromatic heterocycles. The third kappa shape index (κ3) is 6.31. The van der Waals surface area contributed by atoms with Gasteiger partial charge in [0.1, 0.15) is 0 Å². The van der Waals surface area contributed by atoms with Crippen molar-refractivity contribution in [1.29, 1.82) is 0 Å². The van der Waals surface area contributed by atoms with Gasteiger partial charge in [0.05, 0.1) is 17.8 Å². The Kier molecular flexibility index (Phi) is 7.01. The van der Waals surface area contributed by atoms with Crippen molar-refractivity contribution in [1.82, 2.24) is 9.80 Å². The molecule has 1 aromatic carbocycles. The van der Waals surface area contributed by atoms with Crippen LogP contribution in [0.1, 0.15) is 37.8 Å². The van der Waals surface area contributed by atoms with E-state index in [-0.39, 0.29) is 18.1 Å². The van der Waals surface area contributed by atoms with Crippen molar-refractivity contribution >= 4 is 12.0 Å². The average Bonchev–Trinajstić information content (AvgIpc) is 2.65. The first-order chi connectivity index (χ1) is 13.7. The summed E-state index contributed by atoms with van der Waals surface area (Å²) in [5.41, 5.74) is -0.335. The highest BCUT2D eigenvalue weighted by atomic mass is 19.4. The molecule has 7 heteroatoms. The van der Waals surface area contributed by atoms with Gasteiger partial charge in [-0.1, -0.05) is 12.1 Å². The fraction of sp³-hybridized carbons (Fsp3) is 0.591. The average molecular weight is 410 g/mol. The number of hydrogen-bond acceptors (Lipinski definition) is 3. The van der Waals surface area contributed by atoms with E-state index >= 15 is 0 Å². The summed E-state index contributed by atoms with van der Waals surface area (Å²) in [5, 5.41) is 0. The monoisotopic (exact) mass is 410 g/mol. The summed E-state index contributed by atoms with van der Waals surface area (Å²) in [5.74, 6) is 0.415. The molecule has 2 aliphatic rings. The van der Waals surface area contributed by atoms with Gasteiger partial charge >= 0.3 is 6.18 Å². The number of likely N-dealkylation sites (tertiary alicyclic amines) is 1. The first-order valence-corrected chi connectivity index (χ1v) is 10.2. The molecule has 0 radical (unpaired) electrons. The minimum atomic E-state index is -4.38. The van der Waals surface area contributed by atoms with E-state index < -0.39 is 11.7 Å². The van der Waals surface area contributed by atoms with E-state index in [1.54, 1.807) is 11.0 Å². The molecule has 2 saturated heterocycles. The van der Waals surface area contributed by atoms with Crippen LogP contribution >= 0.6 is 0 Å². The number of ether oxygens (including phenoxy) is 1. The predicted molar refractivity (Wildman–Crippen MR) is 106 cm³/mol. The molecule has 1 aromatic rings. The number of alkyl halides is 3. The van der Waals surface area contributed by atoms with Gasteiger partial charge in [-0.2, -0.15) is 13.2 Å². The van der Waals surface area contributed by atoms with Gasteiger partial charge in [0.2, 0.25) is 5.91 Å². The Morgan fingerprint density at radius 3 is 2.45 bits per heavy atom. The Balaban J connectivity index is 1.48. The minimum absolute atomic E-state index is 0.144. The molecular weight excluding hydrogens is 381 g/mol.